The average molecular weight is 285 g/mol. The van der Waals surface area contributed by atoms with Gasteiger partial charge in [0.1, 0.15) is 0 Å². The Morgan fingerprint density at radius 2 is 1.08 bits per heavy atom. The predicted octanol–water partition coefficient (Wildman–Crippen LogP) is 0.806. The maximum absolute atomic E-state index is 7.90. The molecular formula is C12H12Sn. The molecule has 0 amide bonds. The zero-order chi connectivity index (χ0) is 17.6. The first-order valence-corrected chi connectivity index (χ1v) is 7.74. The summed E-state index contributed by atoms with van der Waals surface area (Å²) in [5.41, 5.74) is 0. The fraction of sp³-hybridized carbons (Fsp3) is 0. The molecule has 2 rings (SSSR count). The van der Waals surface area contributed by atoms with Crippen molar-refractivity contribution in [2.24, 2.45) is 0 Å². The molecule has 0 saturated heterocycles. The molecule has 0 heterocycles. The minimum absolute atomic E-state index is 0.108. The first-order chi connectivity index (χ1) is 10.6. The summed E-state index contributed by atoms with van der Waals surface area (Å²) in [6, 6.07) is -4.27. The minimum atomic E-state index is -2.64. The molecule has 1 heteroatoms. The van der Waals surface area contributed by atoms with Crippen LogP contribution >= 0.6 is 0 Å². The summed E-state index contributed by atoms with van der Waals surface area (Å²) >= 11 is -2.64. The van der Waals surface area contributed by atoms with Crippen LogP contribution in [0.15, 0.2) is 60.4 Å². The summed E-state index contributed by atoms with van der Waals surface area (Å²) in [7, 11) is 0. The fourth-order valence-corrected chi connectivity index (χ4v) is 3.93. The molecule has 0 aliphatic rings. The molecule has 0 aromatic heterocycles. The van der Waals surface area contributed by atoms with Gasteiger partial charge in [-0.05, 0) is 0 Å². The van der Waals surface area contributed by atoms with Gasteiger partial charge in [-0.2, -0.15) is 0 Å². The molecule has 0 nitrogen and oxygen atoms in total. The summed E-state index contributed by atoms with van der Waals surface area (Å²) in [5, 5.41) is 0. The zero-order valence-electron chi connectivity index (χ0n) is 16.7. The fourth-order valence-electron chi connectivity index (χ4n) is 0.905. The normalized spacial score (nSPS) is 20.6. The molecule has 0 unspecified atom stereocenters. The van der Waals surface area contributed by atoms with E-state index in [9.17, 15) is 0 Å². The quantitative estimate of drug-likeness (QED) is 0.716. The van der Waals surface area contributed by atoms with Gasteiger partial charge in [-0.3, -0.25) is 0 Å². The molecule has 0 aliphatic heterocycles. The summed E-state index contributed by atoms with van der Waals surface area (Å²) in [5.74, 6) is 0. The van der Waals surface area contributed by atoms with Crippen LogP contribution in [0.3, 0.4) is 0 Å². The van der Waals surface area contributed by atoms with Crippen molar-refractivity contribution in [3.05, 3.63) is 60.4 Å². The third-order valence-corrected chi connectivity index (χ3v) is 5.49. The monoisotopic (exact) mass is 286 g/mol. The van der Waals surface area contributed by atoms with E-state index in [4.69, 9.17) is 13.7 Å². The molecule has 0 atom stereocenters. The third-order valence-electron chi connectivity index (χ3n) is 1.46. The van der Waals surface area contributed by atoms with Gasteiger partial charge in [-0.15, -0.1) is 0 Å². The summed E-state index contributed by atoms with van der Waals surface area (Å²) < 4.78 is 77.6. The van der Waals surface area contributed by atoms with Gasteiger partial charge < -0.3 is 0 Å². The topological polar surface area (TPSA) is 0 Å². The number of rotatable bonds is 2. The standard InChI is InChI=1S/2C6H5.Sn.2H/c2*1-2-4-6-5-3-1;;;/h2*1-5H;;;/i2*1D,2D,3D,4D,5D;;;. The molecule has 0 aliphatic carbocycles. The molecular weight excluding hydrogens is 263 g/mol. The Bertz CT molecular complexity index is 691. The molecule has 0 saturated carbocycles. The van der Waals surface area contributed by atoms with E-state index in [1.807, 2.05) is 0 Å². The van der Waals surface area contributed by atoms with E-state index < -0.39 is 57.4 Å². The molecule has 64 valence electrons. The van der Waals surface area contributed by atoms with Crippen molar-refractivity contribution in [2.45, 2.75) is 0 Å². The predicted molar refractivity (Wildman–Crippen MR) is 60.7 cm³/mol. The Morgan fingerprint density at radius 1 is 0.692 bits per heavy atom. The van der Waals surface area contributed by atoms with Crippen LogP contribution in [0.1, 0.15) is 13.7 Å². The van der Waals surface area contributed by atoms with Crippen LogP contribution in [0, 0.1) is 0 Å². The van der Waals surface area contributed by atoms with Crippen molar-refractivity contribution in [3.8, 4) is 0 Å². The van der Waals surface area contributed by atoms with E-state index in [0.29, 0.717) is 0 Å². The van der Waals surface area contributed by atoms with E-state index in [1.165, 1.54) is 0 Å². The van der Waals surface area contributed by atoms with E-state index >= 15 is 0 Å². The van der Waals surface area contributed by atoms with Crippen molar-refractivity contribution in [1.29, 1.82) is 0 Å². The van der Waals surface area contributed by atoms with Crippen LogP contribution in [-0.2, 0) is 0 Å². The molecule has 0 spiro atoms. The van der Waals surface area contributed by atoms with Gasteiger partial charge in [-0.25, -0.2) is 0 Å². The van der Waals surface area contributed by atoms with Crippen molar-refractivity contribution >= 4 is 28.3 Å². The van der Waals surface area contributed by atoms with E-state index in [0.717, 1.165) is 0 Å². The third kappa shape index (κ3) is 2.59. The van der Waals surface area contributed by atoms with E-state index in [1.54, 1.807) is 0 Å². The van der Waals surface area contributed by atoms with E-state index in [-0.39, 0.29) is 31.3 Å². The Hall–Kier alpha value is -0.761. The molecule has 0 bridgehead atoms. The van der Waals surface area contributed by atoms with Gasteiger partial charge in [0.15, 0.2) is 0 Å². The molecule has 2 aromatic carbocycles. The second kappa shape index (κ2) is 4.47. The Labute approximate surface area is 103 Å². The SMILES string of the molecule is [2H]c1c([2H])c([2H])[c]([SnH2][c]2c([2H])c([2H])c([2H])c([2H])c2[2H])c([2H])c1[2H]. The Kier molecular flexibility index (Phi) is 0.984. The number of hydrogen-bond acceptors (Lipinski definition) is 0. The summed E-state index contributed by atoms with van der Waals surface area (Å²) in [6.45, 7) is 0. The molecule has 0 fully saturated rings. The number of hydrogen-bond donors (Lipinski definition) is 0. The molecule has 13 heavy (non-hydrogen) atoms. The van der Waals surface area contributed by atoms with Gasteiger partial charge >= 0.3 is 102 Å². The van der Waals surface area contributed by atoms with Gasteiger partial charge in [0.25, 0.3) is 0 Å². The van der Waals surface area contributed by atoms with Crippen LogP contribution in [0.2, 0.25) is 0 Å². The van der Waals surface area contributed by atoms with Crippen LogP contribution in [-0.4, -0.2) is 21.1 Å². The van der Waals surface area contributed by atoms with Crippen molar-refractivity contribution in [3.63, 3.8) is 0 Å². The van der Waals surface area contributed by atoms with Crippen molar-refractivity contribution in [2.75, 3.05) is 0 Å². The summed E-state index contributed by atoms with van der Waals surface area (Å²) in [4.78, 5) is 0. The first-order valence-electron chi connectivity index (χ1n) is 8.71. The average Bonchev–Trinajstić information content (AvgIpc) is 2.54. The second-order valence-corrected chi connectivity index (χ2v) is 7.43. The number of benzene rings is 2. The summed E-state index contributed by atoms with van der Waals surface area (Å²) in [6.07, 6.45) is 0. The molecule has 2 aromatic rings. The first kappa shape index (κ1) is 2.86. The van der Waals surface area contributed by atoms with Crippen LogP contribution < -0.4 is 7.16 Å². The van der Waals surface area contributed by atoms with Gasteiger partial charge in [-0.1, -0.05) is 0 Å². The van der Waals surface area contributed by atoms with Gasteiger partial charge in [0, 0.05) is 0 Å². The molecule has 0 radical (unpaired) electrons. The van der Waals surface area contributed by atoms with Crippen LogP contribution in [0.4, 0.5) is 0 Å². The maximum atomic E-state index is 7.90. The van der Waals surface area contributed by atoms with Gasteiger partial charge in [0.05, 0.1) is 0 Å². The van der Waals surface area contributed by atoms with Crippen LogP contribution in [0.5, 0.6) is 0 Å². The zero-order valence-corrected chi connectivity index (χ0v) is 10.7. The van der Waals surface area contributed by atoms with Crippen molar-refractivity contribution < 1.29 is 13.7 Å². The van der Waals surface area contributed by atoms with Crippen molar-refractivity contribution in [1.82, 2.24) is 0 Å². The van der Waals surface area contributed by atoms with Gasteiger partial charge in [0.2, 0.25) is 0 Å². The van der Waals surface area contributed by atoms with Crippen LogP contribution in [0.25, 0.3) is 0 Å². The second-order valence-electron chi connectivity index (χ2n) is 2.38. The Balaban J connectivity index is 2.71. The Morgan fingerprint density at radius 3 is 1.46 bits per heavy atom. The van der Waals surface area contributed by atoms with E-state index in [2.05, 4.69) is 0 Å². The molecule has 0 N–H and O–H groups in total.